The van der Waals surface area contributed by atoms with E-state index in [1.165, 1.54) is 0 Å². The molecule has 1 aromatic heterocycles. The lowest BCUT2D eigenvalue weighted by Gasteiger charge is -2.19. The van der Waals surface area contributed by atoms with Crippen molar-refractivity contribution in [1.29, 1.82) is 0 Å². The third-order valence-corrected chi connectivity index (χ3v) is 3.11. The van der Waals surface area contributed by atoms with Crippen LogP contribution in [0.4, 0.5) is 5.69 Å². The van der Waals surface area contributed by atoms with Gasteiger partial charge in [0.15, 0.2) is 0 Å². The molecule has 2 amide bonds. The molecule has 2 N–H and O–H groups in total. The van der Waals surface area contributed by atoms with Crippen molar-refractivity contribution in [2.75, 3.05) is 5.32 Å². The molecule has 1 atom stereocenters. The maximum Gasteiger partial charge on any atom is 0.246 e. The highest BCUT2D eigenvalue weighted by molar-refractivity contribution is 5.98. The van der Waals surface area contributed by atoms with Crippen LogP contribution in [0.1, 0.15) is 39.3 Å². The highest BCUT2D eigenvalue weighted by Crippen LogP contribution is 2.22. The minimum Gasteiger partial charge on any atom is -0.344 e. The fraction of sp³-hybridized carbons (Fsp3) is 0.500. The maximum absolute atomic E-state index is 12.0. The highest BCUT2D eigenvalue weighted by atomic mass is 16.2. The van der Waals surface area contributed by atoms with Crippen LogP contribution in [0.2, 0.25) is 0 Å². The standard InChI is InChI=1S/C14H19N3O2/c1-14(2,3)11-8-9(6-7-15-11)16-13(19)10-4-5-12(18)17-10/h6-8,10H,4-5H2,1-3H3,(H,17,18)(H,15,16,19). The topological polar surface area (TPSA) is 71.1 Å². The largest absolute Gasteiger partial charge is 0.344 e. The maximum atomic E-state index is 12.0. The first-order valence-electron chi connectivity index (χ1n) is 6.43. The van der Waals surface area contributed by atoms with Crippen LogP contribution in [0, 0.1) is 0 Å². The zero-order chi connectivity index (χ0) is 14.0. The van der Waals surface area contributed by atoms with Crippen LogP contribution < -0.4 is 10.6 Å². The summed E-state index contributed by atoms with van der Waals surface area (Å²) in [6.07, 6.45) is 2.66. The number of carbonyl (C=O) groups excluding carboxylic acids is 2. The van der Waals surface area contributed by atoms with Crippen LogP contribution in [-0.4, -0.2) is 22.8 Å². The van der Waals surface area contributed by atoms with Gasteiger partial charge >= 0.3 is 0 Å². The van der Waals surface area contributed by atoms with E-state index in [0.717, 1.165) is 5.69 Å². The summed E-state index contributed by atoms with van der Waals surface area (Å²) in [5.74, 6) is -0.234. The number of aromatic nitrogens is 1. The average molecular weight is 261 g/mol. The van der Waals surface area contributed by atoms with Gasteiger partial charge in [-0.1, -0.05) is 20.8 Å². The number of rotatable bonds is 2. The number of amides is 2. The fourth-order valence-corrected chi connectivity index (χ4v) is 1.96. The first kappa shape index (κ1) is 13.5. The quantitative estimate of drug-likeness (QED) is 0.849. The summed E-state index contributed by atoms with van der Waals surface area (Å²) in [6, 6.07) is 3.21. The summed E-state index contributed by atoms with van der Waals surface area (Å²) in [7, 11) is 0. The fourth-order valence-electron chi connectivity index (χ4n) is 1.96. The van der Waals surface area contributed by atoms with Crippen LogP contribution in [0.3, 0.4) is 0 Å². The zero-order valence-corrected chi connectivity index (χ0v) is 11.5. The molecule has 1 fully saturated rings. The van der Waals surface area contributed by atoms with Gasteiger partial charge in [-0.15, -0.1) is 0 Å². The van der Waals surface area contributed by atoms with Crippen molar-refractivity contribution in [1.82, 2.24) is 10.3 Å². The lowest BCUT2D eigenvalue weighted by molar-refractivity contribution is -0.122. The van der Waals surface area contributed by atoms with Crippen molar-refractivity contribution in [2.24, 2.45) is 0 Å². The number of hydrogen-bond acceptors (Lipinski definition) is 3. The second-order valence-electron chi connectivity index (χ2n) is 5.83. The van der Waals surface area contributed by atoms with Gasteiger partial charge in [0, 0.05) is 29.4 Å². The molecular formula is C14H19N3O2. The van der Waals surface area contributed by atoms with Gasteiger partial charge in [0.05, 0.1) is 0 Å². The molecular weight excluding hydrogens is 242 g/mol. The first-order chi connectivity index (χ1) is 8.86. The van der Waals surface area contributed by atoms with Gasteiger partial charge < -0.3 is 10.6 Å². The summed E-state index contributed by atoms with van der Waals surface area (Å²) in [6.45, 7) is 6.20. The highest BCUT2D eigenvalue weighted by Gasteiger charge is 2.27. The molecule has 2 rings (SSSR count). The van der Waals surface area contributed by atoms with Crippen LogP contribution >= 0.6 is 0 Å². The van der Waals surface area contributed by atoms with Gasteiger partial charge in [-0.3, -0.25) is 14.6 Å². The second kappa shape index (κ2) is 4.99. The Hall–Kier alpha value is -1.91. The SMILES string of the molecule is CC(C)(C)c1cc(NC(=O)C2CCC(=O)N2)ccn1. The Kier molecular flexibility index (Phi) is 3.55. The lowest BCUT2D eigenvalue weighted by atomic mass is 9.91. The number of pyridine rings is 1. The minimum absolute atomic E-state index is 0.0646. The summed E-state index contributed by atoms with van der Waals surface area (Å²) < 4.78 is 0. The monoisotopic (exact) mass is 261 g/mol. The predicted molar refractivity (Wildman–Crippen MR) is 72.7 cm³/mol. The molecule has 0 aromatic carbocycles. The van der Waals surface area contributed by atoms with Gasteiger partial charge in [0.1, 0.15) is 6.04 Å². The van der Waals surface area contributed by atoms with E-state index in [9.17, 15) is 9.59 Å². The molecule has 1 aliphatic heterocycles. The lowest BCUT2D eigenvalue weighted by Crippen LogP contribution is -2.37. The molecule has 19 heavy (non-hydrogen) atoms. The molecule has 1 saturated heterocycles. The van der Waals surface area contributed by atoms with Crippen molar-refractivity contribution in [3.63, 3.8) is 0 Å². The number of carbonyl (C=O) groups is 2. The van der Waals surface area contributed by atoms with E-state index >= 15 is 0 Å². The molecule has 0 bridgehead atoms. The average Bonchev–Trinajstić information content (AvgIpc) is 2.75. The van der Waals surface area contributed by atoms with E-state index in [-0.39, 0.29) is 17.2 Å². The van der Waals surface area contributed by atoms with E-state index in [4.69, 9.17) is 0 Å². The van der Waals surface area contributed by atoms with Crippen molar-refractivity contribution in [3.8, 4) is 0 Å². The molecule has 1 aromatic rings. The van der Waals surface area contributed by atoms with Crippen molar-refractivity contribution in [3.05, 3.63) is 24.0 Å². The van der Waals surface area contributed by atoms with E-state index in [2.05, 4.69) is 36.4 Å². The van der Waals surface area contributed by atoms with Gasteiger partial charge in [-0.25, -0.2) is 0 Å². The summed E-state index contributed by atoms with van der Waals surface area (Å²) >= 11 is 0. The zero-order valence-electron chi connectivity index (χ0n) is 11.5. The van der Waals surface area contributed by atoms with Crippen LogP contribution in [0.15, 0.2) is 18.3 Å². The molecule has 2 heterocycles. The number of nitrogens with zero attached hydrogens (tertiary/aromatic N) is 1. The number of nitrogens with one attached hydrogen (secondary N) is 2. The molecule has 1 aliphatic rings. The molecule has 0 radical (unpaired) electrons. The molecule has 5 nitrogen and oxygen atoms in total. The van der Waals surface area contributed by atoms with Crippen molar-refractivity contribution < 1.29 is 9.59 Å². The smallest absolute Gasteiger partial charge is 0.246 e. The minimum atomic E-state index is -0.418. The van der Waals surface area contributed by atoms with Gasteiger partial charge in [-0.2, -0.15) is 0 Å². The first-order valence-corrected chi connectivity index (χ1v) is 6.43. The second-order valence-corrected chi connectivity index (χ2v) is 5.83. The molecule has 0 saturated carbocycles. The molecule has 102 valence electrons. The Morgan fingerprint density at radius 1 is 1.47 bits per heavy atom. The van der Waals surface area contributed by atoms with Crippen LogP contribution in [0.25, 0.3) is 0 Å². The van der Waals surface area contributed by atoms with Crippen molar-refractivity contribution in [2.45, 2.75) is 45.1 Å². The summed E-state index contributed by atoms with van der Waals surface area (Å²) in [5.41, 5.74) is 1.56. The normalized spacial score (nSPS) is 19.1. The molecule has 0 spiro atoms. The molecule has 1 unspecified atom stereocenters. The Morgan fingerprint density at radius 2 is 2.21 bits per heavy atom. The predicted octanol–water partition coefficient (Wildman–Crippen LogP) is 1.60. The van der Waals surface area contributed by atoms with E-state index in [0.29, 0.717) is 18.5 Å². The van der Waals surface area contributed by atoms with Gasteiger partial charge in [0.2, 0.25) is 11.8 Å². The van der Waals surface area contributed by atoms with E-state index in [1.54, 1.807) is 12.3 Å². The van der Waals surface area contributed by atoms with Gasteiger partial charge in [0.25, 0.3) is 0 Å². The number of anilines is 1. The number of hydrogen-bond donors (Lipinski definition) is 2. The molecule has 5 heteroatoms. The van der Waals surface area contributed by atoms with Crippen LogP contribution in [-0.2, 0) is 15.0 Å². The van der Waals surface area contributed by atoms with Gasteiger partial charge in [-0.05, 0) is 18.6 Å². The summed E-state index contributed by atoms with van der Waals surface area (Å²) in [4.78, 5) is 27.4. The third kappa shape index (κ3) is 3.30. The van der Waals surface area contributed by atoms with E-state index in [1.807, 2.05) is 6.07 Å². The Labute approximate surface area is 112 Å². The van der Waals surface area contributed by atoms with E-state index < -0.39 is 6.04 Å². The third-order valence-electron chi connectivity index (χ3n) is 3.11. The Morgan fingerprint density at radius 3 is 2.79 bits per heavy atom. The summed E-state index contributed by atoms with van der Waals surface area (Å²) in [5, 5.41) is 5.48. The Balaban J connectivity index is 2.07. The molecule has 0 aliphatic carbocycles. The Bertz CT molecular complexity index is 506. The van der Waals surface area contributed by atoms with Crippen LogP contribution in [0.5, 0.6) is 0 Å². The van der Waals surface area contributed by atoms with Crippen molar-refractivity contribution >= 4 is 17.5 Å².